The van der Waals surface area contributed by atoms with Gasteiger partial charge in [-0.25, -0.2) is 15.0 Å². The number of ether oxygens (including phenoxy) is 1. The van der Waals surface area contributed by atoms with Crippen molar-refractivity contribution in [2.45, 2.75) is 57.3 Å². The van der Waals surface area contributed by atoms with Gasteiger partial charge >= 0.3 is 0 Å². The Labute approximate surface area is 166 Å². The molecule has 156 valence electrons. The number of aromatic nitrogens is 6. The maximum absolute atomic E-state index is 10.3. The summed E-state index contributed by atoms with van der Waals surface area (Å²) >= 11 is 0. The average Bonchev–Trinajstić information content (AvgIpc) is 3.41. The molecule has 3 aromatic rings. The third kappa shape index (κ3) is 3.57. The lowest BCUT2D eigenvalue weighted by Crippen LogP contribution is -2.33. The van der Waals surface area contributed by atoms with E-state index in [1.165, 1.54) is 10.9 Å². The van der Waals surface area contributed by atoms with Crippen molar-refractivity contribution in [1.82, 2.24) is 29.3 Å². The number of aryl methyl sites for hydroxylation is 1. The van der Waals surface area contributed by atoms with Gasteiger partial charge in [0, 0.05) is 12.7 Å². The first-order chi connectivity index (χ1) is 14.0. The van der Waals surface area contributed by atoms with Gasteiger partial charge in [0.2, 0.25) is 0 Å². The molecule has 4 heterocycles. The number of unbranched alkanes of at least 4 members (excludes halogenated alkanes) is 2. The number of hydrogen-bond acceptors (Lipinski definition) is 9. The minimum absolute atomic E-state index is 0.189. The number of aliphatic hydroxyl groups is 3. The molecule has 1 aliphatic heterocycles. The van der Waals surface area contributed by atoms with Gasteiger partial charge < -0.3 is 25.8 Å². The Morgan fingerprint density at radius 3 is 2.76 bits per heavy atom. The third-order valence-electron chi connectivity index (χ3n) is 5.12. The zero-order valence-electron chi connectivity index (χ0n) is 16.1. The molecule has 4 rings (SSSR count). The van der Waals surface area contributed by atoms with Crippen LogP contribution in [0, 0.1) is 0 Å². The highest BCUT2D eigenvalue weighted by atomic mass is 16.6. The third-order valence-corrected chi connectivity index (χ3v) is 5.12. The summed E-state index contributed by atoms with van der Waals surface area (Å²) in [6.07, 6.45) is 3.96. The number of hydrogen-bond donors (Lipinski definition) is 4. The van der Waals surface area contributed by atoms with Crippen molar-refractivity contribution in [3.05, 3.63) is 18.7 Å². The summed E-state index contributed by atoms with van der Waals surface area (Å²) < 4.78 is 8.92. The van der Waals surface area contributed by atoms with E-state index < -0.39 is 31.1 Å². The van der Waals surface area contributed by atoms with Gasteiger partial charge in [0.1, 0.15) is 23.8 Å². The highest BCUT2D eigenvalue weighted by molar-refractivity contribution is 5.83. The molecule has 2 unspecified atom stereocenters. The lowest BCUT2D eigenvalue weighted by Gasteiger charge is -2.16. The van der Waals surface area contributed by atoms with Crippen LogP contribution >= 0.6 is 0 Å². The van der Waals surface area contributed by atoms with E-state index in [1.54, 1.807) is 6.20 Å². The molecular weight excluding hydrogens is 378 g/mol. The van der Waals surface area contributed by atoms with Crippen LogP contribution in [0.4, 0.5) is 5.82 Å². The van der Waals surface area contributed by atoms with Gasteiger partial charge in [-0.1, -0.05) is 19.8 Å². The fourth-order valence-corrected chi connectivity index (χ4v) is 3.49. The Morgan fingerprint density at radius 2 is 2.03 bits per heavy atom. The number of nitrogens with zero attached hydrogens (tertiary/aromatic N) is 6. The van der Waals surface area contributed by atoms with Crippen molar-refractivity contribution in [1.29, 1.82) is 0 Å². The quantitative estimate of drug-likeness (QED) is 0.401. The number of rotatable bonds is 7. The SMILES string of the molecule is CCCCCn1cc(-c2nc(N)c3ncn(C4OC(CO)[C@@H](O)[C@H]4O)c3n2)cn1. The average molecular weight is 403 g/mol. The molecule has 1 saturated heterocycles. The predicted molar refractivity (Wildman–Crippen MR) is 103 cm³/mol. The van der Waals surface area contributed by atoms with Crippen molar-refractivity contribution in [3.8, 4) is 11.4 Å². The molecule has 29 heavy (non-hydrogen) atoms. The maximum atomic E-state index is 10.3. The molecule has 11 nitrogen and oxygen atoms in total. The Hall–Kier alpha value is -2.60. The van der Waals surface area contributed by atoms with E-state index in [-0.39, 0.29) is 5.82 Å². The van der Waals surface area contributed by atoms with E-state index in [4.69, 9.17) is 10.5 Å². The van der Waals surface area contributed by atoms with Crippen LogP contribution in [-0.2, 0) is 11.3 Å². The molecule has 1 fully saturated rings. The van der Waals surface area contributed by atoms with E-state index in [2.05, 4.69) is 27.0 Å². The normalized spacial score (nSPS) is 24.6. The van der Waals surface area contributed by atoms with Crippen LogP contribution in [0.3, 0.4) is 0 Å². The maximum Gasteiger partial charge on any atom is 0.168 e. The first-order valence-electron chi connectivity index (χ1n) is 9.68. The molecule has 4 atom stereocenters. The van der Waals surface area contributed by atoms with Crippen LogP contribution in [0.1, 0.15) is 32.4 Å². The number of fused-ring (bicyclic) bond motifs is 1. The van der Waals surface area contributed by atoms with Crippen molar-refractivity contribution in [3.63, 3.8) is 0 Å². The fourth-order valence-electron chi connectivity index (χ4n) is 3.49. The van der Waals surface area contributed by atoms with Gasteiger partial charge in [-0.2, -0.15) is 5.10 Å². The fraction of sp³-hybridized carbons (Fsp3) is 0.556. The summed E-state index contributed by atoms with van der Waals surface area (Å²) in [6, 6.07) is 0. The second-order valence-corrected chi connectivity index (χ2v) is 7.18. The van der Waals surface area contributed by atoms with Crippen molar-refractivity contribution in [2.24, 2.45) is 0 Å². The van der Waals surface area contributed by atoms with Gasteiger partial charge in [-0.05, 0) is 6.42 Å². The summed E-state index contributed by atoms with van der Waals surface area (Å²) in [6.45, 7) is 2.54. The smallest absolute Gasteiger partial charge is 0.168 e. The Morgan fingerprint density at radius 1 is 1.21 bits per heavy atom. The Kier molecular flexibility index (Phi) is 5.46. The molecule has 0 spiro atoms. The standard InChI is InChI=1S/C18H25N7O4/c1-2-3-4-5-24-7-10(6-21-24)16-22-15(19)12-17(23-16)25(9-20-12)18-14(28)13(27)11(8-26)29-18/h6-7,9,11,13-14,18,26-28H,2-5,8H2,1H3,(H2,19,22,23)/t11?,13-,14-,18?/m1/s1. The summed E-state index contributed by atoms with van der Waals surface area (Å²) in [5, 5.41) is 34.0. The first-order valence-corrected chi connectivity index (χ1v) is 9.68. The van der Waals surface area contributed by atoms with Gasteiger partial charge in [-0.15, -0.1) is 0 Å². The van der Waals surface area contributed by atoms with Crippen LogP contribution in [0.25, 0.3) is 22.6 Å². The van der Waals surface area contributed by atoms with Crippen molar-refractivity contribution in [2.75, 3.05) is 12.3 Å². The van der Waals surface area contributed by atoms with E-state index in [1.807, 2.05) is 10.9 Å². The molecular formula is C18H25N7O4. The Balaban J connectivity index is 1.67. The van der Waals surface area contributed by atoms with Gasteiger partial charge in [0.15, 0.2) is 23.5 Å². The monoisotopic (exact) mass is 403 g/mol. The second-order valence-electron chi connectivity index (χ2n) is 7.18. The number of nitrogen functional groups attached to an aromatic ring is 1. The second kappa shape index (κ2) is 8.03. The summed E-state index contributed by atoms with van der Waals surface area (Å²) in [5.74, 6) is 0.569. The molecule has 0 amide bonds. The summed E-state index contributed by atoms with van der Waals surface area (Å²) in [4.78, 5) is 13.1. The van der Waals surface area contributed by atoms with Crippen molar-refractivity contribution < 1.29 is 20.1 Å². The molecule has 0 radical (unpaired) electrons. The number of aliphatic hydroxyl groups excluding tert-OH is 3. The van der Waals surface area contributed by atoms with Gasteiger partial charge in [0.25, 0.3) is 0 Å². The summed E-state index contributed by atoms with van der Waals surface area (Å²) in [5.41, 5.74) is 7.52. The largest absolute Gasteiger partial charge is 0.394 e. The molecule has 1 aliphatic rings. The van der Waals surface area contributed by atoms with Crippen LogP contribution in [0.5, 0.6) is 0 Å². The minimum Gasteiger partial charge on any atom is -0.394 e. The molecule has 11 heteroatoms. The molecule has 3 aromatic heterocycles. The minimum atomic E-state index is -1.24. The van der Waals surface area contributed by atoms with E-state index in [9.17, 15) is 15.3 Å². The van der Waals surface area contributed by atoms with E-state index >= 15 is 0 Å². The molecule has 0 bridgehead atoms. The topological polar surface area (TPSA) is 157 Å². The summed E-state index contributed by atoms with van der Waals surface area (Å²) in [7, 11) is 0. The van der Waals surface area contributed by atoms with Crippen molar-refractivity contribution >= 4 is 17.0 Å². The Bertz CT molecular complexity index is 988. The lowest BCUT2D eigenvalue weighted by atomic mass is 10.1. The van der Waals surface area contributed by atoms with Crippen LogP contribution in [-0.4, -0.2) is 69.5 Å². The van der Waals surface area contributed by atoms with Crippen LogP contribution < -0.4 is 5.73 Å². The number of anilines is 1. The van der Waals surface area contributed by atoms with Gasteiger partial charge in [-0.3, -0.25) is 9.25 Å². The molecule has 0 aliphatic carbocycles. The van der Waals surface area contributed by atoms with Gasteiger partial charge in [0.05, 0.1) is 24.7 Å². The number of imidazole rings is 1. The highest BCUT2D eigenvalue weighted by Crippen LogP contribution is 2.32. The predicted octanol–water partition coefficient (Wildman–Crippen LogP) is 0.0737. The molecule has 0 aromatic carbocycles. The van der Waals surface area contributed by atoms with E-state index in [0.717, 1.165) is 25.8 Å². The van der Waals surface area contributed by atoms with Crippen LogP contribution in [0.15, 0.2) is 18.7 Å². The lowest BCUT2D eigenvalue weighted by molar-refractivity contribution is -0.0511. The molecule has 0 saturated carbocycles. The van der Waals surface area contributed by atoms with Crippen LogP contribution in [0.2, 0.25) is 0 Å². The zero-order valence-corrected chi connectivity index (χ0v) is 16.1. The van der Waals surface area contributed by atoms with E-state index in [0.29, 0.717) is 22.6 Å². The number of nitrogens with two attached hydrogens (primary N) is 1. The molecule has 5 N–H and O–H groups in total. The first kappa shape index (κ1) is 19.7. The highest BCUT2D eigenvalue weighted by Gasteiger charge is 2.44. The zero-order chi connectivity index (χ0) is 20.5.